The van der Waals surface area contributed by atoms with Crippen molar-refractivity contribution in [3.05, 3.63) is 40.9 Å². The fourth-order valence-electron chi connectivity index (χ4n) is 3.89. The molecule has 1 atom stereocenters. The van der Waals surface area contributed by atoms with E-state index in [1.54, 1.807) is 6.08 Å². The van der Waals surface area contributed by atoms with Gasteiger partial charge in [-0.15, -0.1) is 0 Å². The molecule has 0 bridgehead atoms. The average Bonchev–Trinajstić information content (AvgIpc) is 3.14. The topological polar surface area (TPSA) is 79.2 Å². The number of benzene rings is 1. The highest BCUT2D eigenvalue weighted by atomic mass is 32.2. The predicted molar refractivity (Wildman–Crippen MR) is 101 cm³/mol. The summed E-state index contributed by atoms with van der Waals surface area (Å²) >= 11 is 0. The third-order valence-electron chi connectivity index (χ3n) is 5.39. The molecule has 1 aliphatic carbocycles. The van der Waals surface area contributed by atoms with Crippen LogP contribution in [-0.4, -0.2) is 37.4 Å². The second kappa shape index (κ2) is 6.59. The number of aromatic amines is 1. The highest BCUT2D eigenvalue weighted by Crippen LogP contribution is 2.33. The number of fused-ring (bicyclic) bond motifs is 1. The van der Waals surface area contributed by atoms with Gasteiger partial charge in [-0.1, -0.05) is 6.07 Å². The van der Waals surface area contributed by atoms with E-state index in [4.69, 9.17) is 5.14 Å². The fourth-order valence-corrected chi connectivity index (χ4v) is 4.24. The number of sulfonamides is 1. The zero-order chi connectivity index (χ0) is 17.4. The second-order valence-corrected chi connectivity index (χ2v) is 8.90. The van der Waals surface area contributed by atoms with Crippen LogP contribution < -0.4 is 5.14 Å². The van der Waals surface area contributed by atoms with Crippen molar-refractivity contribution in [3.63, 3.8) is 0 Å². The van der Waals surface area contributed by atoms with Crippen LogP contribution in [0.5, 0.6) is 0 Å². The molecule has 2 heterocycles. The van der Waals surface area contributed by atoms with Crippen molar-refractivity contribution in [2.45, 2.75) is 38.1 Å². The van der Waals surface area contributed by atoms with Gasteiger partial charge in [0, 0.05) is 35.1 Å². The standard InChI is InChI=1S/C19H25N3O2S/c20-25(23,24)9-7-14-5-6-19-18(10-14)16(12-21-19)11-17-2-1-8-22(17)13-15-3-4-15/h5-7,9-10,12,15,17,21H,1-4,8,11,13H2,(H2,20,23,24)/b9-7+. The summed E-state index contributed by atoms with van der Waals surface area (Å²) in [4.78, 5) is 6.01. The molecule has 1 saturated carbocycles. The Balaban J connectivity index is 1.55. The maximum atomic E-state index is 11.1. The Morgan fingerprint density at radius 3 is 2.88 bits per heavy atom. The number of rotatable bonds is 6. The van der Waals surface area contributed by atoms with Gasteiger partial charge < -0.3 is 4.98 Å². The van der Waals surface area contributed by atoms with Crippen LogP contribution in [0.4, 0.5) is 0 Å². The summed E-state index contributed by atoms with van der Waals surface area (Å²) in [6, 6.07) is 6.57. The van der Waals surface area contributed by atoms with E-state index in [2.05, 4.69) is 16.1 Å². The van der Waals surface area contributed by atoms with E-state index in [1.165, 1.54) is 49.7 Å². The number of nitrogens with two attached hydrogens (primary N) is 1. The predicted octanol–water partition coefficient (Wildman–Crippen LogP) is 2.84. The number of primary sulfonamides is 1. The molecular formula is C19H25N3O2S. The highest BCUT2D eigenvalue weighted by molar-refractivity contribution is 7.92. The number of likely N-dealkylation sites (tertiary alicyclic amines) is 1. The van der Waals surface area contributed by atoms with Crippen LogP contribution in [0.2, 0.25) is 0 Å². The number of hydrogen-bond donors (Lipinski definition) is 2. The molecule has 1 aromatic heterocycles. The van der Waals surface area contributed by atoms with Crippen molar-refractivity contribution in [2.75, 3.05) is 13.1 Å². The molecule has 1 aromatic carbocycles. The molecule has 6 heteroatoms. The maximum absolute atomic E-state index is 11.1. The van der Waals surface area contributed by atoms with Crippen molar-refractivity contribution in [3.8, 4) is 0 Å². The molecule has 25 heavy (non-hydrogen) atoms. The van der Waals surface area contributed by atoms with Crippen molar-refractivity contribution in [1.29, 1.82) is 0 Å². The molecule has 0 radical (unpaired) electrons. The van der Waals surface area contributed by atoms with E-state index in [0.717, 1.165) is 28.8 Å². The van der Waals surface area contributed by atoms with Gasteiger partial charge in [-0.05, 0) is 73.9 Å². The molecule has 134 valence electrons. The number of aromatic nitrogens is 1. The molecular weight excluding hydrogens is 334 g/mol. The van der Waals surface area contributed by atoms with Gasteiger partial charge in [0.05, 0.1) is 0 Å². The van der Waals surface area contributed by atoms with Gasteiger partial charge in [-0.25, -0.2) is 13.6 Å². The first-order valence-electron chi connectivity index (χ1n) is 9.03. The van der Waals surface area contributed by atoms with Gasteiger partial charge in [0.2, 0.25) is 10.0 Å². The monoisotopic (exact) mass is 359 g/mol. The van der Waals surface area contributed by atoms with Gasteiger partial charge in [0.25, 0.3) is 0 Å². The SMILES string of the molecule is NS(=O)(=O)/C=C/c1ccc2[nH]cc(CC3CCCN3CC3CC3)c2c1. The third kappa shape index (κ3) is 4.14. The Kier molecular flexibility index (Phi) is 4.43. The molecule has 1 saturated heterocycles. The molecule has 5 nitrogen and oxygen atoms in total. The fraction of sp³-hybridized carbons (Fsp3) is 0.474. The quantitative estimate of drug-likeness (QED) is 0.832. The Morgan fingerprint density at radius 1 is 1.28 bits per heavy atom. The molecule has 3 N–H and O–H groups in total. The first-order chi connectivity index (χ1) is 12.0. The molecule has 4 rings (SSSR count). The van der Waals surface area contributed by atoms with Crippen LogP contribution in [0.15, 0.2) is 29.8 Å². The number of nitrogens with zero attached hydrogens (tertiary/aromatic N) is 1. The van der Waals surface area contributed by atoms with E-state index in [9.17, 15) is 8.42 Å². The first-order valence-corrected chi connectivity index (χ1v) is 10.6. The summed E-state index contributed by atoms with van der Waals surface area (Å²) in [5.74, 6) is 0.929. The number of hydrogen-bond acceptors (Lipinski definition) is 3. The molecule has 1 unspecified atom stereocenters. The minimum atomic E-state index is -3.60. The lowest BCUT2D eigenvalue weighted by Crippen LogP contribution is -2.32. The largest absolute Gasteiger partial charge is 0.361 e. The van der Waals surface area contributed by atoms with Crippen LogP contribution in [0.1, 0.15) is 36.8 Å². The van der Waals surface area contributed by atoms with Crippen LogP contribution in [0.25, 0.3) is 17.0 Å². The minimum absolute atomic E-state index is 0.628. The summed E-state index contributed by atoms with van der Waals surface area (Å²) in [6.45, 7) is 2.49. The summed E-state index contributed by atoms with van der Waals surface area (Å²) in [5.41, 5.74) is 3.26. The van der Waals surface area contributed by atoms with Crippen LogP contribution in [0.3, 0.4) is 0 Å². The van der Waals surface area contributed by atoms with Crippen LogP contribution >= 0.6 is 0 Å². The molecule has 0 spiro atoms. The van der Waals surface area contributed by atoms with E-state index >= 15 is 0 Å². The van der Waals surface area contributed by atoms with Gasteiger partial charge >= 0.3 is 0 Å². The summed E-state index contributed by atoms with van der Waals surface area (Å²) < 4.78 is 22.2. The Labute approximate surface area is 148 Å². The van der Waals surface area contributed by atoms with E-state index in [0.29, 0.717) is 6.04 Å². The Bertz CT molecular complexity index is 897. The number of nitrogens with one attached hydrogen (secondary N) is 1. The van der Waals surface area contributed by atoms with Crippen molar-refractivity contribution in [1.82, 2.24) is 9.88 Å². The zero-order valence-electron chi connectivity index (χ0n) is 14.3. The van der Waals surface area contributed by atoms with Gasteiger partial charge in [0.1, 0.15) is 0 Å². The maximum Gasteiger partial charge on any atom is 0.231 e. The van der Waals surface area contributed by atoms with Gasteiger partial charge in [-0.3, -0.25) is 4.90 Å². The zero-order valence-corrected chi connectivity index (χ0v) is 15.1. The minimum Gasteiger partial charge on any atom is -0.361 e. The highest BCUT2D eigenvalue weighted by Gasteiger charge is 2.31. The average molecular weight is 359 g/mol. The lowest BCUT2D eigenvalue weighted by molar-refractivity contribution is 0.243. The number of H-pyrrole nitrogens is 1. The van der Waals surface area contributed by atoms with E-state index < -0.39 is 10.0 Å². The summed E-state index contributed by atoms with van der Waals surface area (Å²) in [6.07, 6.45) is 10.1. The van der Waals surface area contributed by atoms with Crippen molar-refractivity contribution < 1.29 is 8.42 Å². The molecule has 1 aliphatic heterocycles. The van der Waals surface area contributed by atoms with Gasteiger partial charge in [0.15, 0.2) is 0 Å². The van der Waals surface area contributed by atoms with E-state index in [-0.39, 0.29) is 0 Å². The Hall–Kier alpha value is -1.63. The van der Waals surface area contributed by atoms with Crippen LogP contribution in [-0.2, 0) is 16.4 Å². The lowest BCUT2D eigenvalue weighted by Gasteiger charge is -2.24. The third-order valence-corrected chi connectivity index (χ3v) is 5.90. The molecule has 2 fully saturated rings. The van der Waals surface area contributed by atoms with Gasteiger partial charge in [-0.2, -0.15) is 0 Å². The van der Waals surface area contributed by atoms with Crippen molar-refractivity contribution in [2.24, 2.45) is 11.1 Å². The Morgan fingerprint density at radius 2 is 2.12 bits per heavy atom. The first kappa shape index (κ1) is 16.8. The molecule has 2 aromatic rings. The smallest absolute Gasteiger partial charge is 0.231 e. The summed E-state index contributed by atoms with van der Waals surface area (Å²) in [7, 11) is -3.60. The normalized spacial score (nSPS) is 22.4. The second-order valence-electron chi connectivity index (χ2n) is 7.45. The van der Waals surface area contributed by atoms with Crippen LogP contribution in [0, 0.1) is 5.92 Å². The summed E-state index contributed by atoms with van der Waals surface area (Å²) in [5, 5.41) is 7.27. The van der Waals surface area contributed by atoms with E-state index in [1.807, 2.05) is 18.2 Å². The molecule has 2 aliphatic rings. The van der Waals surface area contributed by atoms with Crippen molar-refractivity contribution >= 4 is 27.0 Å². The lowest BCUT2D eigenvalue weighted by atomic mass is 10.0. The molecule has 0 amide bonds.